The lowest BCUT2D eigenvalue weighted by Gasteiger charge is -2.11. The Bertz CT molecular complexity index is 386. The van der Waals surface area contributed by atoms with E-state index in [1.807, 2.05) is 0 Å². The minimum atomic E-state index is 0.268. The highest BCUT2D eigenvalue weighted by atomic mass is 16.5. The summed E-state index contributed by atoms with van der Waals surface area (Å²) < 4.78 is 16.9. The van der Waals surface area contributed by atoms with E-state index in [0.717, 1.165) is 19.3 Å². The van der Waals surface area contributed by atoms with Gasteiger partial charge in [0.1, 0.15) is 0 Å². The lowest BCUT2D eigenvalue weighted by molar-refractivity contribution is 0.218. The quantitative estimate of drug-likeness (QED) is 0.570. The molecule has 138 valence electrons. The molecule has 6 nitrogen and oxygen atoms in total. The van der Waals surface area contributed by atoms with Gasteiger partial charge in [0.2, 0.25) is 0 Å². The first kappa shape index (κ1) is 20.5. The number of hydrogen-bond donors (Lipinski definition) is 0. The number of hydrogen-bond acceptors (Lipinski definition) is 6. The standard InChI is InChI=1S/C18H33N3O3/c1-13(2)7-10-22-16-19-17(23-11-8-14(3)4)21-18(20-16)24-12-9-15(5)6/h13-15H,7-12H2,1-6H3. The van der Waals surface area contributed by atoms with Gasteiger partial charge in [-0.2, -0.15) is 0 Å². The van der Waals surface area contributed by atoms with E-state index < -0.39 is 0 Å². The average molecular weight is 339 g/mol. The highest BCUT2D eigenvalue weighted by Gasteiger charge is 2.11. The molecule has 0 aliphatic carbocycles. The molecule has 0 bridgehead atoms. The van der Waals surface area contributed by atoms with Crippen LogP contribution in [0.1, 0.15) is 60.8 Å². The third-order valence-electron chi connectivity index (χ3n) is 3.35. The predicted molar refractivity (Wildman–Crippen MR) is 94.7 cm³/mol. The predicted octanol–water partition coefficient (Wildman–Crippen LogP) is 4.15. The third-order valence-corrected chi connectivity index (χ3v) is 3.35. The molecule has 1 aromatic heterocycles. The summed E-state index contributed by atoms with van der Waals surface area (Å²) in [6.07, 6.45) is 2.83. The van der Waals surface area contributed by atoms with Gasteiger partial charge in [0.25, 0.3) is 0 Å². The summed E-state index contributed by atoms with van der Waals surface area (Å²) in [7, 11) is 0. The second-order valence-electron chi connectivity index (χ2n) is 7.28. The smallest absolute Gasteiger partial charge is 0.325 e. The molecule has 0 N–H and O–H groups in total. The summed E-state index contributed by atoms with van der Waals surface area (Å²) in [6, 6.07) is 0.805. The first-order chi connectivity index (χ1) is 11.4. The summed E-state index contributed by atoms with van der Waals surface area (Å²) in [5, 5.41) is 0. The van der Waals surface area contributed by atoms with Gasteiger partial charge in [-0.15, -0.1) is 15.0 Å². The van der Waals surface area contributed by atoms with Crippen LogP contribution in [-0.2, 0) is 0 Å². The van der Waals surface area contributed by atoms with Crippen molar-refractivity contribution in [3.05, 3.63) is 0 Å². The molecule has 1 rings (SSSR count). The molecule has 0 atom stereocenters. The van der Waals surface area contributed by atoms with E-state index in [1.165, 1.54) is 0 Å². The Morgan fingerprint density at radius 2 is 0.792 bits per heavy atom. The Hall–Kier alpha value is -1.59. The Balaban J connectivity index is 2.68. The number of aromatic nitrogens is 3. The SMILES string of the molecule is CC(C)CCOc1nc(OCCC(C)C)nc(OCCC(C)C)n1. The van der Waals surface area contributed by atoms with Gasteiger partial charge in [-0.05, 0) is 37.0 Å². The van der Waals surface area contributed by atoms with Crippen LogP contribution in [0.25, 0.3) is 0 Å². The molecule has 0 saturated heterocycles. The van der Waals surface area contributed by atoms with E-state index in [-0.39, 0.29) is 18.0 Å². The molecule has 1 heterocycles. The Kier molecular flexibility index (Phi) is 9.42. The average Bonchev–Trinajstić information content (AvgIpc) is 2.46. The lowest BCUT2D eigenvalue weighted by Crippen LogP contribution is -2.11. The maximum atomic E-state index is 5.63. The molecule has 0 aliphatic rings. The second-order valence-corrected chi connectivity index (χ2v) is 7.28. The maximum Gasteiger partial charge on any atom is 0.325 e. The van der Waals surface area contributed by atoms with E-state index in [4.69, 9.17) is 14.2 Å². The van der Waals surface area contributed by atoms with Crippen molar-refractivity contribution in [3.8, 4) is 18.0 Å². The topological polar surface area (TPSA) is 66.4 Å². The molecule has 0 amide bonds. The first-order valence-corrected chi connectivity index (χ1v) is 9.01. The van der Waals surface area contributed by atoms with Crippen LogP contribution in [-0.4, -0.2) is 34.8 Å². The van der Waals surface area contributed by atoms with Gasteiger partial charge in [-0.1, -0.05) is 41.5 Å². The largest absolute Gasteiger partial charge is 0.463 e. The third kappa shape index (κ3) is 9.53. The normalized spacial score (nSPS) is 11.4. The highest BCUT2D eigenvalue weighted by molar-refractivity contribution is 5.09. The molecule has 1 aromatic rings. The number of nitrogens with zero attached hydrogens (tertiary/aromatic N) is 3. The van der Waals surface area contributed by atoms with Gasteiger partial charge >= 0.3 is 18.0 Å². The van der Waals surface area contributed by atoms with Gasteiger partial charge in [-0.3, -0.25) is 0 Å². The highest BCUT2D eigenvalue weighted by Crippen LogP contribution is 2.16. The van der Waals surface area contributed by atoms with Crippen LogP contribution in [0.15, 0.2) is 0 Å². The molecule has 0 unspecified atom stereocenters. The van der Waals surface area contributed by atoms with Crippen LogP contribution in [0.5, 0.6) is 18.0 Å². The van der Waals surface area contributed by atoms with Crippen molar-refractivity contribution in [2.45, 2.75) is 60.8 Å². The van der Waals surface area contributed by atoms with Crippen molar-refractivity contribution < 1.29 is 14.2 Å². The minimum absolute atomic E-state index is 0.268. The molecule has 0 aliphatic heterocycles. The van der Waals surface area contributed by atoms with Gasteiger partial charge in [-0.25, -0.2) is 0 Å². The van der Waals surface area contributed by atoms with Crippen LogP contribution in [0.3, 0.4) is 0 Å². The zero-order chi connectivity index (χ0) is 17.9. The zero-order valence-electron chi connectivity index (χ0n) is 16.0. The lowest BCUT2D eigenvalue weighted by atomic mass is 10.1. The summed E-state index contributed by atoms with van der Waals surface area (Å²) >= 11 is 0. The van der Waals surface area contributed by atoms with E-state index in [2.05, 4.69) is 56.5 Å². The molecular formula is C18H33N3O3. The molecule has 0 fully saturated rings. The Morgan fingerprint density at radius 3 is 1.00 bits per heavy atom. The van der Waals surface area contributed by atoms with Crippen LogP contribution in [0.2, 0.25) is 0 Å². The van der Waals surface area contributed by atoms with E-state index >= 15 is 0 Å². The van der Waals surface area contributed by atoms with E-state index in [9.17, 15) is 0 Å². The summed E-state index contributed by atoms with van der Waals surface area (Å²) in [6.45, 7) is 14.6. The number of rotatable bonds is 12. The van der Waals surface area contributed by atoms with Crippen LogP contribution < -0.4 is 14.2 Å². The van der Waals surface area contributed by atoms with Crippen LogP contribution >= 0.6 is 0 Å². The van der Waals surface area contributed by atoms with E-state index in [0.29, 0.717) is 37.6 Å². The summed E-state index contributed by atoms with van der Waals surface area (Å²) in [4.78, 5) is 12.7. The molecule has 0 aromatic carbocycles. The minimum Gasteiger partial charge on any atom is -0.463 e. The van der Waals surface area contributed by atoms with Crippen molar-refractivity contribution in [2.75, 3.05) is 19.8 Å². The second kappa shape index (κ2) is 11.0. The van der Waals surface area contributed by atoms with Crippen molar-refractivity contribution in [1.82, 2.24) is 15.0 Å². The Morgan fingerprint density at radius 1 is 0.542 bits per heavy atom. The fourth-order valence-corrected chi connectivity index (χ4v) is 1.67. The summed E-state index contributed by atoms with van der Waals surface area (Å²) in [5.74, 6) is 1.70. The van der Waals surface area contributed by atoms with Crippen molar-refractivity contribution in [1.29, 1.82) is 0 Å². The molecule has 0 radical (unpaired) electrons. The Labute approximate surface area is 146 Å². The monoisotopic (exact) mass is 339 g/mol. The van der Waals surface area contributed by atoms with Crippen molar-refractivity contribution in [3.63, 3.8) is 0 Å². The van der Waals surface area contributed by atoms with Crippen molar-refractivity contribution >= 4 is 0 Å². The van der Waals surface area contributed by atoms with Gasteiger partial charge in [0.05, 0.1) is 19.8 Å². The van der Waals surface area contributed by atoms with Gasteiger partial charge in [0.15, 0.2) is 0 Å². The maximum absolute atomic E-state index is 5.63. The fourth-order valence-electron chi connectivity index (χ4n) is 1.67. The molecule has 0 saturated carbocycles. The van der Waals surface area contributed by atoms with Gasteiger partial charge in [0, 0.05) is 0 Å². The number of ether oxygens (including phenoxy) is 3. The van der Waals surface area contributed by atoms with E-state index in [1.54, 1.807) is 0 Å². The van der Waals surface area contributed by atoms with Crippen LogP contribution in [0.4, 0.5) is 0 Å². The molecule has 6 heteroatoms. The first-order valence-electron chi connectivity index (χ1n) is 9.01. The van der Waals surface area contributed by atoms with Crippen molar-refractivity contribution in [2.24, 2.45) is 17.8 Å². The molecular weight excluding hydrogens is 306 g/mol. The zero-order valence-corrected chi connectivity index (χ0v) is 16.0. The molecule has 0 spiro atoms. The molecule has 24 heavy (non-hydrogen) atoms. The summed E-state index contributed by atoms with van der Waals surface area (Å²) in [5.41, 5.74) is 0. The fraction of sp³-hybridized carbons (Fsp3) is 0.833. The van der Waals surface area contributed by atoms with Crippen LogP contribution in [0, 0.1) is 17.8 Å². The van der Waals surface area contributed by atoms with Gasteiger partial charge < -0.3 is 14.2 Å².